The van der Waals surface area contributed by atoms with E-state index in [1.807, 2.05) is 92.3 Å². The Kier molecular flexibility index (Phi) is 9.95. The van der Waals surface area contributed by atoms with Crippen molar-refractivity contribution < 1.29 is 23.8 Å². The minimum Gasteiger partial charge on any atom is -0.496 e. The predicted molar refractivity (Wildman–Crippen MR) is 198 cm³/mol. The molecule has 0 radical (unpaired) electrons. The van der Waals surface area contributed by atoms with Gasteiger partial charge >= 0.3 is 6.09 Å². The Hall–Kier alpha value is -4.85. The summed E-state index contributed by atoms with van der Waals surface area (Å²) in [6, 6.07) is 22.3. The minimum atomic E-state index is -0.587. The Labute approximate surface area is 299 Å². The molecule has 2 N–H and O–H groups in total. The van der Waals surface area contributed by atoms with E-state index in [0.29, 0.717) is 54.6 Å². The SMILES string of the molecule is COc1cccc(OC)c1CNc1ncc(I)c2c1c(-c1ccc(C(=O)Nc3ccccc3)cc1)nn2[C@H]1CCN(C(=O)OC(C)(C)C)C1. The number of hydrogen-bond donors (Lipinski definition) is 2. The highest BCUT2D eigenvalue weighted by Crippen LogP contribution is 2.39. The van der Waals surface area contributed by atoms with E-state index in [1.165, 1.54) is 0 Å². The topological polar surface area (TPSA) is 120 Å². The Morgan fingerprint density at radius 2 is 1.65 bits per heavy atom. The molecule has 49 heavy (non-hydrogen) atoms. The van der Waals surface area contributed by atoms with Crippen molar-refractivity contribution in [2.45, 2.75) is 45.4 Å². The molecule has 0 spiro atoms. The third kappa shape index (κ3) is 7.43. The summed E-state index contributed by atoms with van der Waals surface area (Å²) in [6.07, 6.45) is 2.21. The lowest BCUT2D eigenvalue weighted by molar-refractivity contribution is 0.0288. The van der Waals surface area contributed by atoms with Gasteiger partial charge in [-0.1, -0.05) is 36.4 Å². The Balaban J connectivity index is 1.39. The normalized spacial score (nSPS) is 14.5. The molecule has 12 heteroatoms. The fourth-order valence-corrected chi connectivity index (χ4v) is 6.60. The molecule has 1 aliphatic rings. The molecule has 5 aromatic rings. The lowest BCUT2D eigenvalue weighted by Crippen LogP contribution is -2.35. The van der Waals surface area contributed by atoms with Crippen molar-refractivity contribution in [2.75, 3.05) is 37.9 Å². The summed E-state index contributed by atoms with van der Waals surface area (Å²) in [4.78, 5) is 32.6. The first kappa shape index (κ1) is 34.0. The zero-order valence-electron chi connectivity index (χ0n) is 28.1. The minimum absolute atomic E-state index is 0.0854. The zero-order valence-corrected chi connectivity index (χ0v) is 30.3. The van der Waals surface area contributed by atoms with Gasteiger partial charge in [0.25, 0.3) is 5.91 Å². The third-order valence-corrected chi connectivity index (χ3v) is 9.05. The van der Waals surface area contributed by atoms with Crippen LogP contribution in [0.2, 0.25) is 0 Å². The van der Waals surface area contributed by atoms with E-state index in [-0.39, 0.29) is 18.0 Å². The first-order chi connectivity index (χ1) is 23.6. The van der Waals surface area contributed by atoms with Gasteiger partial charge in [-0.3, -0.25) is 9.48 Å². The van der Waals surface area contributed by atoms with E-state index >= 15 is 0 Å². The largest absolute Gasteiger partial charge is 0.496 e. The number of anilines is 2. The molecule has 1 aliphatic heterocycles. The lowest BCUT2D eigenvalue weighted by Gasteiger charge is -2.24. The maximum Gasteiger partial charge on any atom is 0.410 e. The number of rotatable bonds is 9. The van der Waals surface area contributed by atoms with Crippen LogP contribution in [-0.4, -0.2) is 64.6 Å². The summed E-state index contributed by atoms with van der Waals surface area (Å²) in [7, 11) is 3.27. The van der Waals surface area contributed by atoms with Gasteiger partial charge in [0, 0.05) is 42.6 Å². The van der Waals surface area contributed by atoms with Crippen molar-refractivity contribution in [2.24, 2.45) is 0 Å². The number of halogens is 1. The Bertz CT molecular complexity index is 1950. The van der Waals surface area contributed by atoms with Gasteiger partial charge in [-0.2, -0.15) is 5.10 Å². The number of ether oxygens (including phenoxy) is 3. The monoisotopic (exact) mass is 774 g/mol. The van der Waals surface area contributed by atoms with Crippen LogP contribution in [0, 0.1) is 3.57 Å². The number of fused-ring (bicyclic) bond motifs is 1. The number of nitrogens with zero attached hydrogens (tertiary/aromatic N) is 4. The van der Waals surface area contributed by atoms with E-state index in [4.69, 9.17) is 24.3 Å². The summed E-state index contributed by atoms with van der Waals surface area (Å²) in [5.74, 6) is 1.83. The van der Waals surface area contributed by atoms with Gasteiger partial charge in [0.1, 0.15) is 28.6 Å². The molecule has 0 saturated carbocycles. The second-order valence-electron chi connectivity index (χ2n) is 12.7. The Morgan fingerprint density at radius 1 is 0.959 bits per heavy atom. The second-order valence-corrected chi connectivity index (χ2v) is 13.9. The number of pyridine rings is 1. The molecule has 0 aliphatic carbocycles. The number of likely N-dealkylation sites (tertiary alicyclic amines) is 1. The van der Waals surface area contributed by atoms with Crippen LogP contribution in [-0.2, 0) is 11.3 Å². The summed E-state index contributed by atoms with van der Waals surface area (Å²) >= 11 is 2.29. The number of nitrogens with one attached hydrogen (secondary N) is 2. The number of benzene rings is 3. The average Bonchev–Trinajstić information content (AvgIpc) is 3.74. The standard InChI is InChI=1S/C37H39IN6O5/c1-37(2,3)49-36(46)43-19-18-26(22-43)44-33-28(38)21-40-34(39-20-27-29(47-4)12-9-13-30(27)48-5)31(33)32(42-44)23-14-16-24(17-15-23)35(45)41-25-10-7-6-8-11-25/h6-17,21,26H,18-20,22H2,1-5H3,(H,39,40)(H,41,45)/t26-/m0/s1. The number of hydrogen-bond acceptors (Lipinski definition) is 8. The van der Waals surface area contributed by atoms with Crippen LogP contribution in [0.1, 0.15) is 49.2 Å². The fourth-order valence-electron chi connectivity index (χ4n) is 5.95. The van der Waals surface area contributed by atoms with Crippen LogP contribution >= 0.6 is 22.6 Å². The first-order valence-electron chi connectivity index (χ1n) is 16.0. The molecule has 3 heterocycles. The maximum absolute atomic E-state index is 13.0. The molecule has 0 unspecified atom stereocenters. The van der Waals surface area contributed by atoms with Crippen LogP contribution in [0.3, 0.4) is 0 Å². The molecule has 2 aromatic heterocycles. The molecular formula is C37H39IN6O5. The van der Waals surface area contributed by atoms with Crippen LogP contribution in [0.25, 0.3) is 22.2 Å². The van der Waals surface area contributed by atoms with Crippen molar-refractivity contribution in [3.05, 3.63) is 93.7 Å². The number of amides is 2. The van der Waals surface area contributed by atoms with Gasteiger partial charge in [-0.05, 0) is 86.2 Å². The number of para-hydroxylation sites is 1. The van der Waals surface area contributed by atoms with Gasteiger partial charge in [0.15, 0.2) is 0 Å². The van der Waals surface area contributed by atoms with Crippen molar-refractivity contribution in [1.82, 2.24) is 19.7 Å². The molecule has 11 nitrogen and oxygen atoms in total. The van der Waals surface area contributed by atoms with Gasteiger partial charge in [-0.25, -0.2) is 9.78 Å². The van der Waals surface area contributed by atoms with E-state index in [2.05, 4.69) is 33.2 Å². The molecule has 1 fully saturated rings. The number of aromatic nitrogens is 3. The summed E-state index contributed by atoms with van der Waals surface area (Å²) in [6.45, 7) is 7.01. The van der Waals surface area contributed by atoms with Crippen LogP contribution in [0.5, 0.6) is 11.5 Å². The second kappa shape index (κ2) is 14.3. The van der Waals surface area contributed by atoms with Gasteiger partial charge in [-0.15, -0.1) is 0 Å². The third-order valence-electron chi connectivity index (χ3n) is 8.26. The molecule has 1 saturated heterocycles. The highest BCUT2D eigenvalue weighted by molar-refractivity contribution is 14.1. The van der Waals surface area contributed by atoms with Crippen molar-refractivity contribution >= 4 is 57.0 Å². The zero-order chi connectivity index (χ0) is 34.7. The van der Waals surface area contributed by atoms with Crippen molar-refractivity contribution in [3.63, 3.8) is 0 Å². The molecule has 0 bridgehead atoms. The molecule has 2 amide bonds. The molecule has 1 atom stereocenters. The van der Waals surface area contributed by atoms with E-state index in [1.54, 1.807) is 31.3 Å². The van der Waals surface area contributed by atoms with Gasteiger partial charge in [0.2, 0.25) is 0 Å². The molecular weight excluding hydrogens is 735 g/mol. The number of methoxy groups -OCH3 is 2. The average molecular weight is 775 g/mol. The van der Waals surface area contributed by atoms with Crippen LogP contribution < -0.4 is 20.1 Å². The lowest BCUT2D eigenvalue weighted by atomic mass is 10.1. The fraction of sp³-hybridized carbons (Fsp3) is 0.297. The first-order valence-corrected chi connectivity index (χ1v) is 17.1. The van der Waals surface area contributed by atoms with Crippen molar-refractivity contribution in [1.29, 1.82) is 0 Å². The van der Waals surface area contributed by atoms with E-state index < -0.39 is 5.60 Å². The summed E-state index contributed by atoms with van der Waals surface area (Å²) in [5.41, 5.74) is 3.95. The van der Waals surface area contributed by atoms with Crippen molar-refractivity contribution in [3.8, 4) is 22.8 Å². The highest BCUT2D eigenvalue weighted by atomic mass is 127. The summed E-state index contributed by atoms with van der Waals surface area (Å²) in [5, 5.41) is 12.5. The maximum atomic E-state index is 13.0. The van der Waals surface area contributed by atoms with Crippen LogP contribution in [0.4, 0.5) is 16.3 Å². The van der Waals surface area contributed by atoms with Gasteiger partial charge in [0.05, 0.1) is 40.3 Å². The summed E-state index contributed by atoms with van der Waals surface area (Å²) < 4.78 is 19.9. The predicted octanol–water partition coefficient (Wildman–Crippen LogP) is 7.77. The molecule has 6 rings (SSSR count). The number of carbonyl (C=O) groups excluding carboxylic acids is 2. The smallest absolute Gasteiger partial charge is 0.410 e. The Morgan fingerprint density at radius 3 is 2.31 bits per heavy atom. The van der Waals surface area contributed by atoms with Gasteiger partial charge < -0.3 is 29.7 Å². The molecule has 254 valence electrons. The number of carbonyl (C=O) groups is 2. The highest BCUT2D eigenvalue weighted by Gasteiger charge is 2.33. The van der Waals surface area contributed by atoms with E-state index in [0.717, 1.165) is 31.3 Å². The van der Waals surface area contributed by atoms with Crippen LogP contribution in [0.15, 0.2) is 79.0 Å². The van der Waals surface area contributed by atoms with E-state index in [9.17, 15) is 9.59 Å². The quantitative estimate of drug-likeness (QED) is 0.146. The molecule has 3 aromatic carbocycles.